The first kappa shape index (κ1) is 38.1. The van der Waals surface area contributed by atoms with Gasteiger partial charge >= 0.3 is 0 Å². The van der Waals surface area contributed by atoms with Gasteiger partial charge in [-0.3, -0.25) is 9.59 Å². The summed E-state index contributed by atoms with van der Waals surface area (Å²) in [4.78, 5) is 29.8. The van der Waals surface area contributed by atoms with Gasteiger partial charge in [0.05, 0.1) is 39.4 Å². The van der Waals surface area contributed by atoms with Gasteiger partial charge in [0.15, 0.2) is 18.1 Å². The van der Waals surface area contributed by atoms with E-state index in [0.29, 0.717) is 49.2 Å². The van der Waals surface area contributed by atoms with Gasteiger partial charge in [-0.2, -0.15) is 4.31 Å². The van der Waals surface area contributed by atoms with Crippen LogP contribution in [0.5, 0.6) is 23.0 Å². The van der Waals surface area contributed by atoms with E-state index in [2.05, 4.69) is 5.32 Å². The summed E-state index contributed by atoms with van der Waals surface area (Å²) in [6.07, 6.45) is 0.788. The molecule has 0 spiro atoms. The molecular weight excluding hydrogens is 687 g/mol. The lowest BCUT2D eigenvalue weighted by atomic mass is 10.0. The van der Waals surface area contributed by atoms with Crippen molar-refractivity contribution in [3.63, 3.8) is 0 Å². The zero-order chi connectivity index (χ0) is 36.9. The Bertz CT molecular complexity index is 1870. The summed E-state index contributed by atoms with van der Waals surface area (Å²) in [5, 5.41) is 3.04. The predicted molar refractivity (Wildman–Crippen MR) is 195 cm³/mol. The van der Waals surface area contributed by atoms with Gasteiger partial charge in [-0.15, -0.1) is 0 Å². The SMILES string of the molecule is COc1ccc(CN(C(=O)COc2ccc(S(=O)(=O)N3CCOCC3)cc2)[C@@H](Cc2ccccc2)C(=O)NCCc2ccc(OC)c(OC)c2)cc1. The number of methoxy groups -OCH3 is 3. The summed E-state index contributed by atoms with van der Waals surface area (Å²) >= 11 is 0. The van der Waals surface area contributed by atoms with Crippen molar-refractivity contribution in [2.75, 3.05) is 60.8 Å². The van der Waals surface area contributed by atoms with E-state index in [-0.39, 0.29) is 43.5 Å². The third-order valence-corrected chi connectivity index (χ3v) is 10.7. The van der Waals surface area contributed by atoms with Crippen LogP contribution < -0.4 is 24.3 Å². The van der Waals surface area contributed by atoms with Crippen LogP contribution in [0.3, 0.4) is 0 Å². The number of ether oxygens (including phenoxy) is 5. The number of amides is 2. The van der Waals surface area contributed by atoms with E-state index >= 15 is 0 Å². The summed E-state index contributed by atoms with van der Waals surface area (Å²) < 4.78 is 54.8. The lowest BCUT2D eigenvalue weighted by Gasteiger charge is -2.31. The largest absolute Gasteiger partial charge is 0.497 e. The highest BCUT2D eigenvalue weighted by molar-refractivity contribution is 7.89. The van der Waals surface area contributed by atoms with Crippen LogP contribution in [-0.4, -0.2) is 96.3 Å². The number of nitrogens with zero attached hydrogens (tertiary/aromatic N) is 2. The molecule has 1 N–H and O–H groups in total. The lowest BCUT2D eigenvalue weighted by molar-refractivity contribution is -0.142. The molecule has 1 aliphatic rings. The number of hydrogen-bond donors (Lipinski definition) is 1. The number of morpholine rings is 1. The van der Waals surface area contributed by atoms with Gasteiger partial charge in [-0.05, 0) is 71.6 Å². The summed E-state index contributed by atoms with van der Waals surface area (Å²) in [7, 11) is 1.04. The number of rotatable bonds is 17. The van der Waals surface area contributed by atoms with E-state index in [1.165, 1.54) is 33.5 Å². The molecule has 52 heavy (non-hydrogen) atoms. The molecular formula is C39H45N3O9S. The van der Waals surface area contributed by atoms with Crippen LogP contribution in [-0.2, 0) is 43.7 Å². The third kappa shape index (κ3) is 10.0. The molecule has 12 nitrogen and oxygen atoms in total. The second kappa shape index (κ2) is 18.4. The van der Waals surface area contributed by atoms with Gasteiger partial charge in [0, 0.05) is 32.6 Å². The number of sulfonamides is 1. The van der Waals surface area contributed by atoms with E-state index in [1.807, 2.05) is 60.7 Å². The molecule has 5 rings (SSSR count). The average Bonchev–Trinajstić information content (AvgIpc) is 3.19. The quantitative estimate of drug-likeness (QED) is 0.170. The Kier molecular flexibility index (Phi) is 13.5. The smallest absolute Gasteiger partial charge is 0.261 e. The molecule has 4 aromatic carbocycles. The van der Waals surface area contributed by atoms with E-state index < -0.39 is 22.0 Å². The zero-order valence-corrected chi connectivity index (χ0v) is 30.5. The van der Waals surface area contributed by atoms with Crippen molar-refractivity contribution < 1.29 is 41.7 Å². The first-order valence-electron chi connectivity index (χ1n) is 17.0. The Balaban J connectivity index is 1.35. The maximum atomic E-state index is 14.1. The summed E-state index contributed by atoms with van der Waals surface area (Å²) in [6, 6.07) is 27.5. The first-order chi connectivity index (χ1) is 25.2. The van der Waals surface area contributed by atoms with E-state index in [9.17, 15) is 18.0 Å². The highest BCUT2D eigenvalue weighted by Crippen LogP contribution is 2.28. The third-order valence-electron chi connectivity index (χ3n) is 8.74. The molecule has 0 unspecified atom stereocenters. The van der Waals surface area contributed by atoms with Crippen molar-refractivity contribution in [3.05, 3.63) is 114 Å². The van der Waals surface area contributed by atoms with Crippen molar-refractivity contribution in [3.8, 4) is 23.0 Å². The Morgan fingerprint density at radius 3 is 2.10 bits per heavy atom. The maximum absolute atomic E-state index is 14.1. The summed E-state index contributed by atoms with van der Waals surface area (Å²) in [5.41, 5.74) is 2.62. The first-order valence-corrected chi connectivity index (χ1v) is 18.4. The van der Waals surface area contributed by atoms with Gasteiger partial charge in [-0.25, -0.2) is 8.42 Å². The number of benzene rings is 4. The lowest BCUT2D eigenvalue weighted by Crippen LogP contribution is -2.52. The second-order valence-electron chi connectivity index (χ2n) is 12.1. The van der Waals surface area contributed by atoms with Crippen LogP contribution in [0, 0.1) is 0 Å². The van der Waals surface area contributed by atoms with Crippen molar-refractivity contribution in [2.24, 2.45) is 0 Å². The molecule has 0 bridgehead atoms. The monoisotopic (exact) mass is 731 g/mol. The van der Waals surface area contributed by atoms with Gasteiger partial charge in [0.1, 0.15) is 17.5 Å². The van der Waals surface area contributed by atoms with Crippen molar-refractivity contribution in [1.82, 2.24) is 14.5 Å². The molecule has 2 amide bonds. The molecule has 1 atom stereocenters. The summed E-state index contributed by atoms with van der Waals surface area (Å²) in [6.45, 7) is 1.33. The van der Waals surface area contributed by atoms with Crippen LogP contribution >= 0.6 is 0 Å². The normalized spacial score (nSPS) is 13.8. The Hall–Kier alpha value is -5.11. The maximum Gasteiger partial charge on any atom is 0.261 e. The molecule has 0 radical (unpaired) electrons. The van der Waals surface area contributed by atoms with Crippen LogP contribution in [0.1, 0.15) is 16.7 Å². The fourth-order valence-electron chi connectivity index (χ4n) is 5.84. The molecule has 276 valence electrons. The van der Waals surface area contributed by atoms with Crippen molar-refractivity contribution in [2.45, 2.75) is 30.3 Å². The average molecular weight is 732 g/mol. The molecule has 1 aliphatic heterocycles. The van der Waals surface area contributed by atoms with Gasteiger partial charge in [0.25, 0.3) is 5.91 Å². The zero-order valence-electron chi connectivity index (χ0n) is 29.7. The van der Waals surface area contributed by atoms with Crippen LogP contribution in [0.4, 0.5) is 0 Å². The van der Waals surface area contributed by atoms with Crippen LogP contribution in [0.25, 0.3) is 0 Å². The second-order valence-corrected chi connectivity index (χ2v) is 14.0. The molecule has 13 heteroatoms. The molecule has 1 fully saturated rings. The van der Waals surface area contributed by atoms with Crippen molar-refractivity contribution >= 4 is 21.8 Å². The highest BCUT2D eigenvalue weighted by atomic mass is 32.2. The fraction of sp³-hybridized carbons (Fsp3) is 0.333. The topological polar surface area (TPSA) is 133 Å². The molecule has 0 aliphatic carbocycles. The summed E-state index contributed by atoms with van der Waals surface area (Å²) in [5.74, 6) is 1.45. The number of carbonyl (C=O) groups excluding carboxylic acids is 2. The molecule has 4 aromatic rings. The number of hydrogen-bond acceptors (Lipinski definition) is 9. The minimum absolute atomic E-state index is 0.127. The minimum atomic E-state index is -3.69. The fourth-order valence-corrected chi connectivity index (χ4v) is 7.25. The molecule has 1 saturated heterocycles. The minimum Gasteiger partial charge on any atom is -0.497 e. The van der Waals surface area contributed by atoms with E-state index in [0.717, 1.165) is 16.7 Å². The van der Waals surface area contributed by atoms with Gasteiger partial charge < -0.3 is 33.9 Å². The Labute approximate surface area is 305 Å². The number of nitrogens with one attached hydrogen (secondary N) is 1. The van der Waals surface area contributed by atoms with Gasteiger partial charge in [0.2, 0.25) is 15.9 Å². The van der Waals surface area contributed by atoms with E-state index in [1.54, 1.807) is 33.5 Å². The van der Waals surface area contributed by atoms with E-state index in [4.69, 9.17) is 23.7 Å². The Morgan fingerprint density at radius 2 is 1.44 bits per heavy atom. The predicted octanol–water partition coefficient (Wildman–Crippen LogP) is 4.11. The Morgan fingerprint density at radius 1 is 0.788 bits per heavy atom. The molecule has 0 saturated carbocycles. The molecule has 0 aromatic heterocycles. The standard InChI is InChI=1S/C39H45N3O9S/c1-47-32-12-9-31(10-13-32)27-42(38(43)28-51-33-14-16-34(17-15-33)52(45,46)41-21-23-50-24-22-41)35(25-29-7-5-4-6-8-29)39(44)40-20-19-30-11-18-36(48-2)37(26-30)49-3/h4-18,26,35H,19-25,27-28H2,1-3H3,(H,40,44)/t35-/m0/s1. The highest BCUT2D eigenvalue weighted by Gasteiger charge is 2.31. The number of carbonyl (C=O) groups is 2. The van der Waals surface area contributed by atoms with Crippen LogP contribution in [0.15, 0.2) is 102 Å². The van der Waals surface area contributed by atoms with Crippen molar-refractivity contribution in [1.29, 1.82) is 0 Å². The molecule has 1 heterocycles. The van der Waals surface area contributed by atoms with Crippen LogP contribution in [0.2, 0.25) is 0 Å². The van der Waals surface area contributed by atoms with Gasteiger partial charge in [-0.1, -0.05) is 48.5 Å².